The number of hydrogen-bond acceptors (Lipinski definition) is 4. The molecule has 1 aliphatic heterocycles. The molecule has 7 heteroatoms. The number of amides is 1. The molecule has 0 radical (unpaired) electrons. The number of rotatable bonds is 4. The average molecular weight is 489 g/mol. The molecule has 0 atom stereocenters. The fraction of sp³-hybridized carbons (Fsp3) is 0.304. The summed E-state index contributed by atoms with van der Waals surface area (Å²) in [5.41, 5.74) is 1.14. The molecule has 1 saturated carbocycles. The summed E-state index contributed by atoms with van der Waals surface area (Å²) >= 11 is 4.80. The van der Waals surface area contributed by atoms with E-state index in [2.05, 4.69) is 20.9 Å². The molecule has 0 unspecified atom stereocenters. The van der Waals surface area contributed by atoms with Gasteiger partial charge in [-0.2, -0.15) is 0 Å². The van der Waals surface area contributed by atoms with Crippen LogP contribution in [0.25, 0.3) is 6.08 Å². The smallest absolute Gasteiger partial charge is 0.267 e. The predicted molar refractivity (Wildman–Crippen MR) is 123 cm³/mol. The molecule has 1 amide bonds. The number of carbonyl (C=O) groups excluding carboxylic acids is 1. The lowest BCUT2D eigenvalue weighted by atomic mass is 9.94. The number of benzene rings is 2. The number of hydrogen-bond donors (Lipinski definition) is 0. The topological polar surface area (TPSA) is 41.9 Å². The Labute approximate surface area is 188 Å². The van der Waals surface area contributed by atoms with Crippen LogP contribution >= 0.6 is 27.7 Å². The first-order valence-electron chi connectivity index (χ1n) is 9.96. The fourth-order valence-corrected chi connectivity index (χ4v) is 5.41. The molecule has 0 spiro atoms. The van der Waals surface area contributed by atoms with E-state index in [0.29, 0.717) is 10.1 Å². The van der Waals surface area contributed by atoms with Crippen LogP contribution in [-0.2, 0) is 4.79 Å². The quantitative estimate of drug-likeness (QED) is 0.459. The van der Waals surface area contributed by atoms with E-state index in [4.69, 9.17) is 4.74 Å². The van der Waals surface area contributed by atoms with Crippen molar-refractivity contribution < 1.29 is 13.9 Å². The van der Waals surface area contributed by atoms with Gasteiger partial charge in [-0.15, -0.1) is 0 Å². The summed E-state index contributed by atoms with van der Waals surface area (Å²) in [6.45, 7) is 0. The highest BCUT2D eigenvalue weighted by atomic mass is 79.9. The van der Waals surface area contributed by atoms with Gasteiger partial charge in [0.2, 0.25) is 0 Å². The van der Waals surface area contributed by atoms with Crippen LogP contribution in [0.4, 0.5) is 10.1 Å². The minimum atomic E-state index is -0.391. The summed E-state index contributed by atoms with van der Waals surface area (Å²) < 4.78 is 20.3. The van der Waals surface area contributed by atoms with Crippen molar-refractivity contribution in [1.82, 2.24) is 4.90 Å². The van der Waals surface area contributed by atoms with E-state index >= 15 is 0 Å². The number of thioether (sulfide) groups is 1. The van der Waals surface area contributed by atoms with E-state index in [0.717, 1.165) is 41.5 Å². The first-order chi connectivity index (χ1) is 14.6. The van der Waals surface area contributed by atoms with E-state index in [1.165, 1.54) is 24.2 Å². The number of carbonyl (C=O) groups is 1. The van der Waals surface area contributed by atoms with E-state index in [1.807, 2.05) is 24.3 Å². The lowest BCUT2D eigenvalue weighted by molar-refractivity contribution is -0.124. The molecule has 0 N–H and O–H groups in total. The maximum absolute atomic E-state index is 14.2. The van der Waals surface area contributed by atoms with Gasteiger partial charge in [-0.1, -0.05) is 37.5 Å². The lowest BCUT2D eigenvalue weighted by Gasteiger charge is -2.30. The first kappa shape index (κ1) is 21.1. The number of amidine groups is 1. The van der Waals surface area contributed by atoms with Crippen LogP contribution in [0.2, 0.25) is 0 Å². The normalized spacial score (nSPS) is 20.4. The summed E-state index contributed by atoms with van der Waals surface area (Å²) in [4.78, 5) is 20.2. The van der Waals surface area contributed by atoms with Gasteiger partial charge in [0.05, 0.1) is 16.5 Å². The maximum atomic E-state index is 14.2. The van der Waals surface area contributed by atoms with Crippen molar-refractivity contribution in [3.05, 3.63) is 63.2 Å². The Morgan fingerprint density at radius 1 is 1.20 bits per heavy atom. The van der Waals surface area contributed by atoms with Crippen LogP contribution in [0.1, 0.15) is 37.7 Å². The largest absolute Gasteiger partial charge is 0.496 e. The molecule has 2 aromatic rings. The van der Waals surface area contributed by atoms with Crippen LogP contribution in [-0.4, -0.2) is 29.1 Å². The Morgan fingerprint density at radius 2 is 1.97 bits per heavy atom. The van der Waals surface area contributed by atoms with Crippen molar-refractivity contribution in [2.45, 2.75) is 38.1 Å². The van der Waals surface area contributed by atoms with Crippen LogP contribution < -0.4 is 4.74 Å². The molecule has 4 rings (SSSR count). The Hall–Kier alpha value is -2.12. The molecule has 1 saturated heterocycles. The fourth-order valence-electron chi connectivity index (χ4n) is 3.80. The molecule has 4 nitrogen and oxygen atoms in total. The Bertz CT molecular complexity index is 1020. The van der Waals surface area contributed by atoms with E-state index in [1.54, 1.807) is 30.2 Å². The van der Waals surface area contributed by atoms with Crippen LogP contribution in [0.15, 0.2) is 56.8 Å². The van der Waals surface area contributed by atoms with Gasteiger partial charge in [-0.25, -0.2) is 9.38 Å². The molecule has 156 valence electrons. The zero-order chi connectivity index (χ0) is 21.1. The highest BCUT2D eigenvalue weighted by Crippen LogP contribution is 2.39. The minimum Gasteiger partial charge on any atom is -0.496 e. The molecule has 2 fully saturated rings. The van der Waals surface area contributed by atoms with Gasteiger partial charge in [-0.05, 0) is 76.4 Å². The summed E-state index contributed by atoms with van der Waals surface area (Å²) in [5.74, 6) is 0.278. The minimum absolute atomic E-state index is 0.0612. The molecule has 2 aliphatic rings. The van der Waals surface area contributed by atoms with Crippen molar-refractivity contribution in [2.24, 2.45) is 4.99 Å². The Kier molecular flexibility index (Phi) is 6.58. The first-order valence-corrected chi connectivity index (χ1v) is 11.6. The number of methoxy groups -OCH3 is 1. The zero-order valence-corrected chi connectivity index (χ0v) is 19.0. The lowest BCUT2D eigenvalue weighted by Crippen LogP contribution is -2.40. The Morgan fingerprint density at radius 3 is 2.67 bits per heavy atom. The molecule has 1 aliphatic carbocycles. The van der Waals surface area contributed by atoms with Gasteiger partial charge in [0, 0.05) is 6.04 Å². The highest BCUT2D eigenvalue weighted by Gasteiger charge is 2.38. The molecular formula is C23H22BrFN2O2S. The van der Waals surface area contributed by atoms with Crippen molar-refractivity contribution in [3.63, 3.8) is 0 Å². The van der Waals surface area contributed by atoms with Gasteiger partial charge in [0.25, 0.3) is 5.91 Å². The predicted octanol–water partition coefficient (Wildman–Crippen LogP) is 6.53. The van der Waals surface area contributed by atoms with Crippen LogP contribution in [0.3, 0.4) is 0 Å². The van der Waals surface area contributed by atoms with Crippen LogP contribution in [0, 0.1) is 5.82 Å². The second-order valence-electron chi connectivity index (χ2n) is 7.32. The third kappa shape index (κ3) is 4.47. The summed E-state index contributed by atoms with van der Waals surface area (Å²) in [7, 11) is 1.61. The molecule has 0 bridgehead atoms. The average Bonchev–Trinajstić information content (AvgIpc) is 3.05. The van der Waals surface area contributed by atoms with E-state index in [9.17, 15) is 9.18 Å². The third-order valence-electron chi connectivity index (χ3n) is 5.32. The van der Waals surface area contributed by atoms with Crippen molar-refractivity contribution in [2.75, 3.05) is 7.11 Å². The molecule has 2 aromatic carbocycles. The van der Waals surface area contributed by atoms with Gasteiger partial charge in [0.1, 0.15) is 17.3 Å². The number of para-hydroxylation sites is 1. The second-order valence-corrected chi connectivity index (χ2v) is 9.18. The number of aliphatic imine (C=N–C) groups is 1. The van der Waals surface area contributed by atoms with Gasteiger partial charge in [0.15, 0.2) is 5.17 Å². The SMILES string of the molecule is COc1ccc(/C=C2\SC(=Nc3ccccc3F)N(C3CCCCC3)C2=O)cc1Br. The van der Waals surface area contributed by atoms with Crippen molar-refractivity contribution in [1.29, 1.82) is 0 Å². The standard InChI is InChI=1S/C23H22BrFN2O2S/c1-29-20-12-11-15(13-17(20)24)14-21-22(28)27(16-7-3-2-4-8-16)23(30-21)26-19-10-6-5-9-18(19)25/h5-6,9-14,16H,2-4,7-8H2,1H3/b21-14-,26-23?. The number of nitrogens with zero attached hydrogens (tertiary/aromatic N) is 2. The monoisotopic (exact) mass is 488 g/mol. The van der Waals surface area contributed by atoms with Crippen molar-refractivity contribution in [3.8, 4) is 5.75 Å². The number of ether oxygens (including phenoxy) is 1. The van der Waals surface area contributed by atoms with Gasteiger partial charge < -0.3 is 4.74 Å². The Balaban J connectivity index is 1.71. The molecule has 0 aromatic heterocycles. The summed E-state index contributed by atoms with van der Waals surface area (Å²) in [5, 5.41) is 0.552. The number of halogens is 2. The second kappa shape index (κ2) is 9.35. The summed E-state index contributed by atoms with van der Waals surface area (Å²) in [6.07, 6.45) is 7.13. The van der Waals surface area contributed by atoms with E-state index in [-0.39, 0.29) is 17.6 Å². The van der Waals surface area contributed by atoms with Crippen molar-refractivity contribution >= 4 is 50.5 Å². The maximum Gasteiger partial charge on any atom is 0.267 e. The van der Waals surface area contributed by atoms with E-state index < -0.39 is 5.82 Å². The highest BCUT2D eigenvalue weighted by molar-refractivity contribution is 9.10. The van der Waals surface area contributed by atoms with Crippen LogP contribution in [0.5, 0.6) is 5.75 Å². The zero-order valence-electron chi connectivity index (χ0n) is 16.6. The summed E-state index contributed by atoms with van der Waals surface area (Å²) in [6, 6.07) is 12.2. The molecule has 30 heavy (non-hydrogen) atoms. The third-order valence-corrected chi connectivity index (χ3v) is 6.92. The molecular weight excluding hydrogens is 467 g/mol. The molecule has 1 heterocycles. The van der Waals surface area contributed by atoms with Gasteiger partial charge in [-0.3, -0.25) is 9.69 Å². The van der Waals surface area contributed by atoms with Gasteiger partial charge >= 0.3 is 0 Å².